The lowest BCUT2D eigenvalue weighted by Gasteiger charge is -2.26. The first-order valence-electron chi connectivity index (χ1n) is 6.70. The van der Waals surface area contributed by atoms with E-state index in [4.69, 9.17) is 16.3 Å². The summed E-state index contributed by atoms with van der Waals surface area (Å²) < 4.78 is 6.02. The van der Waals surface area contributed by atoms with E-state index in [9.17, 15) is 4.79 Å². The molecule has 1 aliphatic rings. The van der Waals surface area contributed by atoms with Gasteiger partial charge in [-0.25, -0.2) is 0 Å². The molecule has 1 amide bonds. The van der Waals surface area contributed by atoms with Crippen molar-refractivity contribution in [3.8, 4) is 0 Å². The third kappa shape index (κ3) is 4.74. The molecular weight excluding hydrogens is 344 g/mol. The van der Waals surface area contributed by atoms with E-state index in [1.807, 2.05) is 0 Å². The molecular formula is C14H18BrClN2O2. The molecule has 1 aromatic rings. The molecule has 4 nitrogen and oxygen atoms in total. The highest BCUT2D eigenvalue weighted by atomic mass is 79.9. The third-order valence-corrected chi connectivity index (χ3v) is 4.11. The maximum Gasteiger partial charge on any atom is 0.252 e. The van der Waals surface area contributed by atoms with Crippen molar-refractivity contribution in [2.45, 2.75) is 6.42 Å². The second-order valence-electron chi connectivity index (χ2n) is 4.69. The number of ether oxygens (including phenoxy) is 1. The summed E-state index contributed by atoms with van der Waals surface area (Å²) in [6, 6.07) is 5.17. The van der Waals surface area contributed by atoms with Crippen molar-refractivity contribution in [1.82, 2.24) is 10.2 Å². The lowest BCUT2D eigenvalue weighted by molar-refractivity contribution is 0.0374. The van der Waals surface area contributed by atoms with Crippen LogP contribution in [0.4, 0.5) is 0 Å². The monoisotopic (exact) mass is 360 g/mol. The SMILES string of the molecule is O=C(NCCCN1CCOCC1)c1ccc(Cl)cc1Br. The number of carbonyl (C=O) groups excluding carboxylic acids is 1. The van der Waals surface area contributed by atoms with Crippen molar-refractivity contribution >= 4 is 33.4 Å². The van der Waals surface area contributed by atoms with Gasteiger partial charge in [-0.15, -0.1) is 0 Å². The first-order valence-corrected chi connectivity index (χ1v) is 7.87. The predicted molar refractivity (Wildman–Crippen MR) is 83.4 cm³/mol. The maximum absolute atomic E-state index is 12.0. The highest BCUT2D eigenvalue weighted by Crippen LogP contribution is 2.21. The predicted octanol–water partition coefficient (Wildman–Crippen LogP) is 2.55. The Kier molecular flexibility index (Phi) is 6.29. The average molecular weight is 362 g/mol. The van der Waals surface area contributed by atoms with Crippen LogP contribution >= 0.6 is 27.5 Å². The Balaban J connectivity index is 1.72. The number of hydrogen-bond acceptors (Lipinski definition) is 3. The van der Waals surface area contributed by atoms with Gasteiger partial charge >= 0.3 is 0 Å². The minimum atomic E-state index is -0.0736. The van der Waals surface area contributed by atoms with E-state index in [0.29, 0.717) is 17.1 Å². The van der Waals surface area contributed by atoms with E-state index in [1.54, 1.807) is 18.2 Å². The van der Waals surface area contributed by atoms with Crippen LogP contribution in [0.5, 0.6) is 0 Å². The standard InChI is InChI=1S/C14H18BrClN2O2/c15-13-10-11(16)2-3-12(13)14(19)17-4-1-5-18-6-8-20-9-7-18/h2-3,10H,1,4-9H2,(H,17,19). The molecule has 1 saturated heterocycles. The topological polar surface area (TPSA) is 41.6 Å². The van der Waals surface area contributed by atoms with Crippen molar-refractivity contribution in [2.75, 3.05) is 39.4 Å². The van der Waals surface area contributed by atoms with Crippen molar-refractivity contribution in [1.29, 1.82) is 0 Å². The van der Waals surface area contributed by atoms with Crippen molar-refractivity contribution in [2.24, 2.45) is 0 Å². The number of morpholine rings is 1. The van der Waals surface area contributed by atoms with Gasteiger partial charge in [-0.05, 0) is 47.1 Å². The van der Waals surface area contributed by atoms with Gasteiger partial charge in [-0.3, -0.25) is 9.69 Å². The molecule has 0 bridgehead atoms. The summed E-state index contributed by atoms with van der Waals surface area (Å²) in [5, 5.41) is 3.54. The smallest absolute Gasteiger partial charge is 0.252 e. The van der Waals surface area contributed by atoms with Crippen LogP contribution in [-0.4, -0.2) is 50.2 Å². The fraction of sp³-hybridized carbons (Fsp3) is 0.500. The van der Waals surface area contributed by atoms with E-state index in [2.05, 4.69) is 26.1 Å². The average Bonchev–Trinajstić information content (AvgIpc) is 2.44. The summed E-state index contributed by atoms with van der Waals surface area (Å²) in [5.41, 5.74) is 0.612. The zero-order chi connectivity index (χ0) is 14.4. The van der Waals surface area contributed by atoms with Gasteiger partial charge in [0.05, 0.1) is 18.8 Å². The highest BCUT2D eigenvalue weighted by molar-refractivity contribution is 9.10. The lowest BCUT2D eigenvalue weighted by atomic mass is 10.2. The van der Waals surface area contributed by atoms with Gasteiger partial charge in [-0.1, -0.05) is 11.6 Å². The van der Waals surface area contributed by atoms with Crippen LogP contribution in [0.25, 0.3) is 0 Å². The van der Waals surface area contributed by atoms with E-state index in [-0.39, 0.29) is 5.91 Å². The molecule has 1 aromatic carbocycles. The molecule has 0 saturated carbocycles. The van der Waals surface area contributed by atoms with Crippen molar-refractivity contribution in [3.63, 3.8) is 0 Å². The van der Waals surface area contributed by atoms with E-state index in [0.717, 1.165) is 43.7 Å². The second-order valence-corrected chi connectivity index (χ2v) is 5.98. The van der Waals surface area contributed by atoms with E-state index in [1.165, 1.54) is 0 Å². The minimum absolute atomic E-state index is 0.0736. The van der Waals surface area contributed by atoms with Crippen molar-refractivity contribution in [3.05, 3.63) is 33.3 Å². The molecule has 1 aliphatic heterocycles. The quantitative estimate of drug-likeness (QED) is 0.820. The number of halogens is 2. The van der Waals surface area contributed by atoms with E-state index < -0.39 is 0 Å². The summed E-state index contributed by atoms with van der Waals surface area (Å²) in [6.07, 6.45) is 0.941. The van der Waals surface area contributed by atoms with Gasteiger partial charge in [0.25, 0.3) is 5.91 Å². The van der Waals surface area contributed by atoms with Crippen molar-refractivity contribution < 1.29 is 9.53 Å². The zero-order valence-corrected chi connectivity index (χ0v) is 13.5. The summed E-state index contributed by atoms with van der Waals surface area (Å²) in [5.74, 6) is -0.0736. The Morgan fingerprint density at radius 2 is 2.15 bits per heavy atom. The Bertz CT molecular complexity index is 464. The van der Waals surface area contributed by atoms with Gasteiger partial charge in [0.1, 0.15) is 0 Å². The summed E-state index contributed by atoms with van der Waals surface area (Å²) in [6.45, 7) is 5.25. The molecule has 0 radical (unpaired) electrons. The molecule has 0 spiro atoms. The molecule has 1 N–H and O–H groups in total. The molecule has 0 aromatic heterocycles. The summed E-state index contributed by atoms with van der Waals surface area (Å²) in [4.78, 5) is 14.4. The molecule has 0 atom stereocenters. The first-order chi connectivity index (χ1) is 9.66. The number of benzene rings is 1. The molecule has 20 heavy (non-hydrogen) atoms. The Morgan fingerprint density at radius 3 is 2.85 bits per heavy atom. The number of carbonyl (C=O) groups is 1. The van der Waals surface area contributed by atoms with Crippen LogP contribution in [0.3, 0.4) is 0 Å². The van der Waals surface area contributed by atoms with Gasteiger partial charge in [-0.2, -0.15) is 0 Å². The minimum Gasteiger partial charge on any atom is -0.379 e. The Labute approximate surface area is 132 Å². The number of nitrogens with one attached hydrogen (secondary N) is 1. The number of amides is 1. The molecule has 6 heteroatoms. The summed E-state index contributed by atoms with van der Waals surface area (Å²) >= 11 is 9.21. The number of nitrogens with zero attached hydrogens (tertiary/aromatic N) is 1. The fourth-order valence-corrected chi connectivity index (χ4v) is 2.96. The van der Waals surface area contributed by atoms with Crippen LogP contribution in [0.1, 0.15) is 16.8 Å². The van der Waals surface area contributed by atoms with Gasteiger partial charge in [0.2, 0.25) is 0 Å². The van der Waals surface area contributed by atoms with Gasteiger partial charge in [0.15, 0.2) is 0 Å². The second kappa shape index (κ2) is 7.98. The van der Waals surface area contributed by atoms with E-state index >= 15 is 0 Å². The van der Waals surface area contributed by atoms with Gasteiger partial charge < -0.3 is 10.1 Å². The Hall–Kier alpha value is -0.620. The Morgan fingerprint density at radius 1 is 1.40 bits per heavy atom. The lowest BCUT2D eigenvalue weighted by Crippen LogP contribution is -2.38. The number of hydrogen-bond donors (Lipinski definition) is 1. The highest BCUT2D eigenvalue weighted by Gasteiger charge is 2.11. The van der Waals surface area contributed by atoms with Crippen LogP contribution in [0.2, 0.25) is 5.02 Å². The number of rotatable bonds is 5. The zero-order valence-electron chi connectivity index (χ0n) is 11.2. The fourth-order valence-electron chi connectivity index (χ4n) is 2.10. The van der Waals surface area contributed by atoms with Crippen LogP contribution in [-0.2, 0) is 4.74 Å². The molecule has 0 unspecified atom stereocenters. The third-order valence-electron chi connectivity index (χ3n) is 3.22. The normalized spacial score (nSPS) is 16.1. The molecule has 2 rings (SSSR count). The van der Waals surface area contributed by atoms with Crippen LogP contribution < -0.4 is 5.32 Å². The molecule has 110 valence electrons. The molecule has 1 fully saturated rings. The van der Waals surface area contributed by atoms with Gasteiger partial charge in [0, 0.05) is 29.1 Å². The molecule has 0 aliphatic carbocycles. The maximum atomic E-state index is 12.0. The summed E-state index contributed by atoms with van der Waals surface area (Å²) in [7, 11) is 0. The largest absolute Gasteiger partial charge is 0.379 e. The van der Waals surface area contributed by atoms with Crippen LogP contribution in [0, 0.1) is 0 Å². The molecule has 1 heterocycles. The first kappa shape index (κ1) is 15.8. The van der Waals surface area contributed by atoms with Crippen LogP contribution in [0.15, 0.2) is 22.7 Å².